The second-order valence-electron chi connectivity index (χ2n) is 11.1. The van der Waals surface area contributed by atoms with Crippen molar-refractivity contribution < 1.29 is 4.74 Å². The maximum absolute atomic E-state index is 13.6. The van der Waals surface area contributed by atoms with Crippen LogP contribution in [0.15, 0.2) is 47.3 Å². The lowest BCUT2D eigenvalue weighted by Crippen LogP contribution is -2.49. The Balaban J connectivity index is 1.56. The van der Waals surface area contributed by atoms with E-state index in [1.54, 1.807) is 0 Å². The van der Waals surface area contributed by atoms with Gasteiger partial charge in [-0.15, -0.1) is 5.10 Å². The number of hydrogen-bond donors (Lipinski definition) is 1. The minimum absolute atomic E-state index is 0.132. The average Bonchev–Trinajstić information content (AvgIpc) is 3.37. The second-order valence-corrected chi connectivity index (χ2v) is 11.1. The molecule has 1 saturated heterocycles. The molecule has 4 aromatic rings. The van der Waals surface area contributed by atoms with Crippen molar-refractivity contribution in [3.63, 3.8) is 0 Å². The van der Waals surface area contributed by atoms with Crippen LogP contribution in [0.3, 0.4) is 0 Å². The molecule has 1 fully saturated rings. The number of pyridine rings is 1. The van der Waals surface area contributed by atoms with Crippen LogP contribution in [-0.4, -0.2) is 62.9 Å². The van der Waals surface area contributed by atoms with Crippen LogP contribution >= 0.6 is 0 Å². The molecule has 0 aliphatic carbocycles. The zero-order valence-corrected chi connectivity index (χ0v) is 23.2. The Morgan fingerprint density at radius 3 is 2.50 bits per heavy atom. The molecule has 0 saturated carbocycles. The minimum atomic E-state index is -0.395. The summed E-state index contributed by atoms with van der Waals surface area (Å²) < 4.78 is 7.57. The van der Waals surface area contributed by atoms with Crippen LogP contribution in [0.25, 0.3) is 10.9 Å². The first-order valence-electron chi connectivity index (χ1n) is 13.3. The second kappa shape index (κ2) is 10.2. The molecular weight excluding hydrogens is 478 g/mol. The molecule has 5 rings (SSSR count). The number of nitrogens with zero attached hydrogens (tertiary/aromatic N) is 6. The molecule has 0 bridgehead atoms. The monoisotopic (exact) mass is 515 g/mol. The molecule has 0 spiro atoms. The summed E-state index contributed by atoms with van der Waals surface area (Å²) in [6.45, 7) is 16.3. The molecule has 2 aromatic heterocycles. The Hall–Kier alpha value is -3.72. The van der Waals surface area contributed by atoms with Gasteiger partial charge in [0.2, 0.25) is 0 Å². The lowest BCUT2D eigenvalue weighted by molar-refractivity contribution is 0.190. The largest absolute Gasteiger partial charge is 0.494 e. The highest BCUT2D eigenvalue weighted by atomic mass is 16.5. The third kappa shape index (κ3) is 5.03. The molecule has 3 heterocycles. The molecule has 9 heteroatoms. The molecule has 200 valence electrons. The van der Waals surface area contributed by atoms with Crippen molar-refractivity contribution in [2.75, 3.05) is 37.7 Å². The highest BCUT2D eigenvalue weighted by Gasteiger charge is 2.35. The maximum atomic E-state index is 13.6. The van der Waals surface area contributed by atoms with E-state index in [-0.39, 0.29) is 11.1 Å². The molecule has 2 aromatic carbocycles. The predicted octanol–water partition coefficient (Wildman–Crippen LogP) is 4.20. The first-order valence-corrected chi connectivity index (χ1v) is 13.3. The molecule has 38 heavy (non-hydrogen) atoms. The van der Waals surface area contributed by atoms with Crippen LogP contribution in [0.4, 0.5) is 5.69 Å². The minimum Gasteiger partial charge on any atom is -0.494 e. The van der Waals surface area contributed by atoms with Gasteiger partial charge in [-0.2, -0.15) is 0 Å². The lowest BCUT2D eigenvalue weighted by Gasteiger charge is -2.40. The number of piperazine rings is 1. The smallest absolute Gasteiger partial charge is 0.253 e. The molecule has 1 atom stereocenters. The van der Waals surface area contributed by atoms with Crippen LogP contribution < -0.4 is 15.2 Å². The fraction of sp³-hybridized carbons (Fsp3) is 0.448. The molecule has 1 N–H and O–H groups in total. The van der Waals surface area contributed by atoms with Crippen molar-refractivity contribution in [2.24, 2.45) is 0 Å². The summed E-state index contributed by atoms with van der Waals surface area (Å²) >= 11 is 0. The van der Waals surface area contributed by atoms with E-state index in [2.05, 4.69) is 83.1 Å². The van der Waals surface area contributed by atoms with Crippen molar-refractivity contribution in [3.8, 4) is 5.75 Å². The highest BCUT2D eigenvalue weighted by molar-refractivity contribution is 5.80. The molecule has 0 radical (unpaired) electrons. The summed E-state index contributed by atoms with van der Waals surface area (Å²) in [6, 6.07) is 13.9. The number of aromatic amines is 1. The topological polar surface area (TPSA) is 92.2 Å². The van der Waals surface area contributed by atoms with E-state index in [9.17, 15) is 4.79 Å². The maximum Gasteiger partial charge on any atom is 0.253 e. The van der Waals surface area contributed by atoms with Crippen molar-refractivity contribution in [2.45, 2.75) is 53.1 Å². The van der Waals surface area contributed by atoms with Gasteiger partial charge in [0.15, 0.2) is 5.82 Å². The molecule has 1 aliphatic heterocycles. The van der Waals surface area contributed by atoms with Crippen LogP contribution in [0.2, 0.25) is 0 Å². The number of nitrogens with one attached hydrogen (secondary N) is 1. The summed E-state index contributed by atoms with van der Waals surface area (Å²) in [5.41, 5.74) is 4.73. The summed E-state index contributed by atoms with van der Waals surface area (Å²) in [6.07, 6.45) is 0. The Kier molecular flexibility index (Phi) is 6.96. The number of aryl methyl sites for hydroxylation is 2. The molecule has 0 unspecified atom stereocenters. The van der Waals surface area contributed by atoms with E-state index in [4.69, 9.17) is 4.74 Å². The number of anilines is 1. The van der Waals surface area contributed by atoms with Gasteiger partial charge in [0.25, 0.3) is 5.56 Å². The number of aromatic nitrogens is 5. The van der Waals surface area contributed by atoms with Crippen LogP contribution in [0.1, 0.15) is 56.3 Å². The van der Waals surface area contributed by atoms with E-state index in [1.165, 1.54) is 16.8 Å². The van der Waals surface area contributed by atoms with Gasteiger partial charge in [-0.3, -0.25) is 9.69 Å². The standard InChI is InChI=1S/C29H37N7O2/c1-7-38-22-10-11-24-21(17-22)18-23(28(37)30-24)26(27-31-32-33-36(27)29(4,5)6)35-14-12-34(13-15-35)25-16-19(2)8-9-20(25)3/h8-11,16-18,26H,7,12-15H2,1-6H3,(H,30,37)/t26-/m0/s1. The lowest BCUT2D eigenvalue weighted by atomic mass is 10.0. The van der Waals surface area contributed by atoms with Crippen LogP contribution in [0.5, 0.6) is 5.75 Å². The predicted molar refractivity (Wildman–Crippen MR) is 150 cm³/mol. The Bertz CT molecular complexity index is 1490. The van der Waals surface area contributed by atoms with E-state index in [0.29, 0.717) is 18.0 Å². The highest BCUT2D eigenvalue weighted by Crippen LogP contribution is 2.32. The number of rotatable bonds is 6. The van der Waals surface area contributed by atoms with Gasteiger partial charge in [-0.1, -0.05) is 12.1 Å². The third-order valence-corrected chi connectivity index (χ3v) is 7.21. The van der Waals surface area contributed by atoms with Crippen LogP contribution in [-0.2, 0) is 5.54 Å². The summed E-state index contributed by atoms with van der Waals surface area (Å²) in [7, 11) is 0. The van der Waals surface area contributed by atoms with E-state index in [1.807, 2.05) is 35.9 Å². The number of H-pyrrole nitrogens is 1. The number of fused-ring (bicyclic) bond motifs is 1. The van der Waals surface area contributed by atoms with Crippen molar-refractivity contribution >= 4 is 16.6 Å². The summed E-state index contributed by atoms with van der Waals surface area (Å²) in [4.78, 5) is 21.4. The Morgan fingerprint density at radius 2 is 1.79 bits per heavy atom. The summed E-state index contributed by atoms with van der Waals surface area (Å²) in [5, 5.41) is 13.8. The number of benzene rings is 2. The van der Waals surface area contributed by atoms with Gasteiger partial charge < -0.3 is 14.6 Å². The SMILES string of the molecule is CCOc1ccc2[nH]c(=O)c([C@@H](c3nnnn3C(C)(C)C)N3CCN(c4cc(C)ccc4C)CC3)cc2c1. The first-order chi connectivity index (χ1) is 18.2. The Labute approximate surface area is 223 Å². The zero-order valence-electron chi connectivity index (χ0n) is 23.2. The number of tetrazole rings is 1. The van der Waals surface area contributed by atoms with Gasteiger partial charge in [0.05, 0.1) is 12.1 Å². The molecule has 0 amide bonds. The van der Waals surface area contributed by atoms with E-state index < -0.39 is 6.04 Å². The quantitative estimate of drug-likeness (QED) is 0.412. The molecule has 9 nitrogen and oxygen atoms in total. The number of ether oxygens (including phenoxy) is 1. The molecule has 1 aliphatic rings. The van der Waals surface area contributed by atoms with Crippen molar-refractivity contribution in [1.82, 2.24) is 30.1 Å². The first kappa shape index (κ1) is 25.9. The van der Waals surface area contributed by atoms with Crippen molar-refractivity contribution in [1.29, 1.82) is 0 Å². The molecular formula is C29H37N7O2. The van der Waals surface area contributed by atoms with Gasteiger partial charge >= 0.3 is 0 Å². The van der Waals surface area contributed by atoms with Crippen LogP contribution in [0, 0.1) is 13.8 Å². The fourth-order valence-electron chi connectivity index (χ4n) is 5.28. The van der Waals surface area contributed by atoms with Gasteiger partial charge in [0.1, 0.15) is 11.8 Å². The fourth-order valence-corrected chi connectivity index (χ4v) is 5.28. The van der Waals surface area contributed by atoms with E-state index in [0.717, 1.165) is 42.8 Å². The van der Waals surface area contributed by atoms with Gasteiger partial charge in [-0.05, 0) is 93.4 Å². The third-order valence-electron chi connectivity index (χ3n) is 7.21. The van der Waals surface area contributed by atoms with Crippen molar-refractivity contribution in [3.05, 3.63) is 75.3 Å². The van der Waals surface area contributed by atoms with E-state index >= 15 is 0 Å². The number of hydrogen-bond acceptors (Lipinski definition) is 7. The van der Waals surface area contributed by atoms with Gasteiger partial charge in [-0.25, -0.2) is 4.68 Å². The average molecular weight is 516 g/mol. The summed E-state index contributed by atoms with van der Waals surface area (Å²) in [5.74, 6) is 1.44. The zero-order chi connectivity index (χ0) is 27.0. The van der Waals surface area contributed by atoms with Gasteiger partial charge in [0, 0.05) is 48.3 Å². The normalized spacial score (nSPS) is 15.7. The Morgan fingerprint density at radius 1 is 1.03 bits per heavy atom.